The average Bonchev–Trinajstić information content (AvgIpc) is 1.38. The molecule has 0 rings (SSSR count). The van der Waals surface area contributed by atoms with E-state index in [2.05, 4.69) is 10.8 Å². The van der Waals surface area contributed by atoms with E-state index in [1.54, 1.807) is 0 Å². The number of quaternary nitrogens is 1. The maximum atomic E-state index is 8.89. The van der Waals surface area contributed by atoms with Gasteiger partial charge in [-0.25, -0.2) is 0 Å². The SMILES string of the molecule is [NH3+]O[N+](=O)[O-]. The summed E-state index contributed by atoms with van der Waals surface area (Å²) in [5.74, 6) is 2.49. The molecule has 0 aliphatic rings. The zero-order chi connectivity index (χ0) is 4.28. The van der Waals surface area contributed by atoms with Gasteiger partial charge in [0, 0.05) is 0 Å². The normalized spacial score (nSPS) is 6.60. The molecule has 0 aromatic rings. The number of hydrogen-bond acceptors (Lipinski definition) is 3. The lowest BCUT2D eigenvalue weighted by Gasteiger charge is -1.69. The Balaban J connectivity index is 2.85. The van der Waals surface area contributed by atoms with E-state index < -0.39 is 5.09 Å². The first-order chi connectivity index (χ1) is 2.27. The summed E-state index contributed by atoms with van der Waals surface area (Å²) in [6.45, 7) is 0. The maximum absolute atomic E-state index is 8.89. The predicted octanol–water partition coefficient (Wildman–Crippen LogP) is -1.65. The molecule has 0 fully saturated rings. The van der Waals surface area contributed by atoms with Gasteiger partial charge in [-0.05, 0) is 0 Å². The van der Waals surface area contributed by atoms with Crippen LogP contribution in [-0.2, 0) is 4.94 Å². The van der Waals surface area contributed by atoms with Gasteiger partial charge in [0.1, 0.15) is 0 Å². The van der Waals surface area contributed by atoms with Crippen LogP contribution in [0, 0.1) is 10.1 Å². The van der Waals surface area contributed by atoms with Crippen molar-refractivity contribution >= 4 is 0 Å². The minimum Gasteiger partial charge on any atom is -0.161 e. The molecule has 5 heteroatoms. The molecule has 0 atom stereocenters. The summed E-state index contributed by atoms with van der Waals surface area (Å²) >= 11 is 0. The second-order valence-corrected chi connectivity index (χ2v) is 0.353. The van der Waals surface area contributed by atoms with E-state index in [1.807, 2.05) is 0 Å². The first-order valence-corrected chi connectivity index (χ1v) is 0.836. The highest BCUT2D eigenvalue weighted by Gasteiger charge is 1.82. The fourth-order valence-electron chi connectivity index (χ4n) is 0. The van der Waals surface area contributed by atoms with Gasteiger partial charge in [0.05, 0.1) is 0 Å². The summed E-state index contributed by atoms with van der Waals surface area (Å²) < 4.78 is 0. The monoisotopic (exact) mass is 79.0 g/mol. The molecule has 0 aliphatic carbocycles. The van der Waals surface area contributed by atoms with Gasteiger partial charge in [0.15, 0.2) is 0 Å². The topological polar surface area (TPSA) is 80.0 Å². The second-order valence-electron chi connectivity index (χ2n) is 0.353. The molecule has 0 aromatic heterocycles. The Hall–Kier alpha value is -0.840. The van der Waals surface area contributed by atoms with Crippen molar-refractivity contribution in [3.8, 4) is 0 Å². The second kappa shape index (κ2) is 1.48. The Morgan fingerprint density at radius 3 is 2.20 bits per heavy atom. The standard InChI is InChI=1S/H3N2O3/c1-5-2(3)4/h1H3/q+1. The van der Waals surface area contributed by atoms with Crippen molar-refractivity contribution in [1.82, 2.24) is 0 Å². The van der Waals surface area contributed by atoms with Gasteiger partial charge >= 0.3 is 5.09 Å². The van der Waals surface area contributed by atoms with Crippen LogP contribution in [0.1, 0.15) is 0 Å². The molecule has 0 saturated heterocycles. The zero-order valence-electron chi connectivity index (χ0n) is 2.38. The van der Waals surface area contributed by atoms with Crippen LogP contribution in [0.25, 0.3) is 0 Å². The third-order valence-electron chi connectivity index (χ3n) is 0.105. The van der Waals surface area contributed by atoms with Crippen LogP contribution in [0.15, 0.2) is 0 Å². The van der Waals surface area contributed by atoms with Crippen molar-refractivity contribution in [2.75, 3.05) is 0 Å². The highest BCUT2D eigenvalue weighted by atomic mass is 17.0. The van der Waals surface area contributed by atoms with Gasteiger partial charge in [-0.1, -0.05) is 0 Å². The molecular weight excluding hydrogens is 76.0 g/mol. The van der Waals surface area contributed by atoms with Crippen LogP contribution in [0.2, 0.25) is 0 Å². The van der Waals surface area contributed by atoms with E-state index >= 15 is 0 Å². The molecule has 0 radical (unpaired) electrons. The number of rotatable bonds is 1. The molecule has 0 amide bonds. The highest BCUT2D eigenvalue weighted by molar-refractivity contribution is 3.84. The van der Waals surface area contributed by atoms with E-state index in [4.69, 9.17) is 10.1 Å². The molecule has 0 heterocycles. The summed E-state index contributed by atoms with van der Waals surface area (Å²) in [6, 6.07) is 0. The molecule has 0 spiro atoms. The lowest BCUT2D eigenvalue weighted by atomic mass is 13.0. The summed E-state index contributed by atoms with van der Waals surface area (Å²) in [6.07, 6.45) is 0. The average molecular weight is 79.0 g/mol. The first-order valence-electron chi connectivity index (χ1n) is 0.836. The molecule has 3 N–H and O–H groups in total. The Kier molecular flexibility index (Phi) is 1.23. The molecule has 5 heavy (non-hydrogen) atoms. The van der Waals surface area contributed by atoms with Crippen LogP contribution >= 0.6 is 0 Å². The summed E-state index contributed by atoms with van der Waals surface area (Å²) in [4.78, 5) is 12.1. The van der Waals surface area contributed by atoms with Crippen molar-refractivity contribution in [3.05, 3.63) is 10.1 Å². The van der Waals surface area contributed by atoms with Crippen molar-refractivity contribution in [2.45, 2.75) is 0 Å². The van der Waals surface area contributed by atoms with Crippen LogP contribution in [0.4, 0.5) is 0 Å². The van der Waals surface area contributed by atoms with Crippen LogP contribution in [0.5, 0.6) is 0 Å². The van der Waals surface area contributed by atoms with Crippen molar-refractivity contribution < 1.29 is 15.9 Å². The van der Waals surface area contributed by atoms with E-state index in [1.165, 1.54) is 0 Å². The van der Waals surface area contributed by atoms with E-state index in [9.17, 15) is 0 Å². The Morgan fingerprint density at radius 1 is 2.00 bits per heavy atom. The third-order valence-corrected chi connectivity index (χ3v) is 0.105. The van der Waals surface area contributed by atoms with Crippen LogP contribution in [0.3, 0.4) is 0 Å². The minimum absolute atomic E-state index is 0.986. The molecule has 0 aliphatic heterocycles. The van der Waals surface area contributed by atoms with E-state index in [-0.39, 0.29) is 0 Å². The summed E-state index contributed by atoms with van der Waals surface area (Å²) in [5, 5.41) is 7.90. The fourth-order valence-corrected chi connectivity index (χ4v) is 0. The van der Waals surface area contributed by atoms with Crippen LogP contribution < -0.4 is 5.90 Å². The molecular formula is H3N2O3+. The van der Waals surface area contributed by atoms with Crippen molar-refractivity contribution in [1.29, 1.82) is 0 Å². The Bertz CT molecular complexity index is 40.2. The minimum atomic E-state index is -0.986. The molecule has 30 valence electrons. The lowest BCUT2D eigenvalue weighted by molar-refractivity contribution is -1.00. The van der Waals surface area contributed by atoms with Crippen molar-refractivity contribution in [3.63, 3.8) is 0 Å². The molecule has 0 saturated carbocycles. The largest absolute Gasteiger partial charge is 0.339 e. The van der Waals surface area contributed by atoms with Gasteiger partial charge in [0.25, 0.3) is 0 Å². The van der Waals surface area contributed by atoms with Gasteiger partial charge in [0.2, 0.25) is 0 Å². The summed E-state index contributed by atoms with van der Waals surface area (Å²) in [7, 11) is 0. The van der Waals surface area contributed by atoms with Gasteiger partial charge < -0.3 is 0 Å². The smallest absolute Gasteiger partial charge is 0.161 e. The van der Waals surface area contributed by atoms with Crippen LogP contribution in [-0.4, -0.2) is 5.09 Å². The lowest BCUT2D eigenvalue weighted by Crippen LogP contribution is -2.50. The Morgan fingerprint density at radius 2 is 2.20 bits per heavy atom. The van der Waals surface area contributed by atoms with Gasteiger partial charge in [-0.15, -0.1) is 15.1 Å². The van der Waals surface area contributed by atoms with Gasteiger partial charge in [-0.2, -0.15) is 5.90 Å². The van der Waals surface area contributed by atoms with E-state index in [0.29, 0.717) is 0 Å². The third kappa shape index (κ3) is 3.16. The zero-order valence-corrected chi connectivity index (χ0v) is 2.38. The molecule has 5 nitrogen and oxygen atoms in total. The Labute approximate surface area is 27.4 Å². The van der Waals surface area contributed by atoms with Gasteiger partial charge in [-0.3, -0.25) is 0 Å². The number of nitrogens with zero attached hydrogens (tertiary/aromatic N) is 1. The highest BCUT2D eigenvalue weighted by Crippen LogP contribution is 1.49. The number of hydrogen-bond donors (Lipinski definition) is 1. The molecule has 0 unspecified atom stereocenters. The quantitative estimate of drug-likeness (QED) is 0.302. The molecule has 0 aromatic carbocycles. The maximum Gasteiger partial charge on any atom is 0.339 e. The van der Waals surface area contributed by atoms with E-state index in [0.717, 1.165) is 0 Å². The first kappa shape index (κ1) is 4.16. The summed E-state index contributed by atoms with van der Waals surface area (Å²) in [5.41, 5.74) is 0. The molecule has 0 bridgehead atoms. The fraction of sp³-hybridized carbons (Fsp3) is 0. The van der Waals surface area contributed by atoms with Crippen molar-refractivity contribution in [2.24, 2.45) is 0 Å². The predicted molar refractivity (Wildman–Crippen MR) is 11.0 cm³/mol.